The van der Waals surface area contributed by atoms with E-state index in [-0.39, 0.29) is 71.2 Å². The Hall–Kier alpha value is -9.79. The molecular formula is C98H92Cl7N11O13S5. The minimum absolute atomic E-state index is 0.00685. The van der Waals surface area contributed by atoms with Gasteiger partial charge in [-0.2, -0.15) is 0 Å². The number of amides is 5. The molecule has 4 fully saturated rings. The van der Waals surface area contributed by atoms with Crippen molar-refractivity contribution in [2.45, 2.75) is 79.3 Å². The van der Waals surface area contributed by atoms with Crippen LogP contribution in [0.3, 0.4) is 0 Å². The Morgan fingerprint density at radius 3 is 1.36 bits per heavy atom. The van der Waals surface area contributed by atoms with Crippen molar-refractivity contribution in [3.05, 3.63) is 297 Å². The van der Waals surface area contributed by atoms with Gasteiger partial charge in [0.25, 0.3) is 17.7 Å². The minimum atomic E-state index is -1.35. The first-order valence-electron chi connectivity index (χ1n) is 43.5. The van der Waals surface area contributed by atoms with Gasteiger partial charge in [0, 0.05) is 141 Å². The summed E-state index contributed by atoms with van der Waals surface area (Å²) in [6, 6.07) is 44.6. The highest BCUT2D eigenvalue weighted by Gasteiger charge is 2.54. The maximum atomic E-state index is 13.2. The Kier molecular flexibility index (Phi) is 31.7. The van der Waals surface area contributed by atoms with Crippen molar-refractivity contribution in [1.82, 2.24) is 31.6 Å². The number of halogens is 7. The van der Waals surface area contributed by atoms with Crippen LogP contribution in [-0.2, 0) is 38.1 Å². The Labute approximate surface area is 830 Å². The molecule has 3 unspecified atom stereocenters. The summed E-state index contributed by atoms with van der Waals surface area (Å²) in [5.41, 5.74) is 9.81. The molecule has 0 radical (unpaired) electrons. The molecule has 13 heterocycles. The van der Waals surface area contributed by atoms with E-state index in [2.05, 4.69) is 92.9 Å². The van der Waals surface area contributed by atoms with Crippen molar-refractivity contribution in [2.75, 3.05) is 146 Å². The number of ketones is 2. The van der Waals surface area contributed by atoms with Crippen LogP contribution in [0.15, 0.2) is 171 Å². The number of likely N-dealkylation sites (N-methyl/N-ethyl adjacent to an activating group) is 2. The third-order valence-electron chi connectivity index (χ3n) is 24.9. The first-order valence-corrected chi connectivity index (χ1v) is 50.2. The van der Waals surface area contributed by atoms with Gasteiger partial charge in [0.2, 0.25) is 17.5 Å². The number of aromatic nitrogens is 1. The number of hydrogen-bond donors (Lipinski definition) is 5. The van der Waals surface area contributed by atoms with Crippen LogP contribution in [0.5, 0.6) is 0 Å². The smallest absolute Gasteiger partial charge is 0.332 e. The predicted octanol–water partition coefficient (Wildman–Crippen LogP) is 19.8. The molecular weight excluding hydrogens is 1950 g/mol. The highest BCUT2D eigenvalue weighted by atomic mass is 35.5. The number of rotatable bonds is 15. The summed E-state index contributed by atoms with van der Waals surface area (Å²) in [5, 5.41) is 21.8. The fraction of sp³-hybridized carbons (Fsp3) is 0.327. The van der Waals surface area contributed by atoms with Gasteiger partial charge in [-0.05, 0) is 178 Å². The average molecular weight is 2040 g/mol. The summed E-state index contributed by atoms with van der Waals surface area (Å²) in [7, 11) is 4.47. The number of nitrogens with one attached hydrogen (secondary N) is 5. The van der Waals surface area contributed by atoms with Crippen molar-refractivity contribution < 1.29 is 62.0 Å². The molecule has 5 amide bonds. The first kappa shape index (κ1) is 97.3. The van der Waals surface area contributed by atoms with Crippen molar-refractivity contribution >= 4 is 211 Å². The molecule has 5 N–H and O–H groups in total. The molecule has 696 valence electrons. The Morgan fingerprint density at radius 2 is 0.910 bits per heavy atom. The van der Waals surface area contributed by atoms with Gasteiger partial charge in [-0.25, -0.2) is 9.64 Å². The third kappa shape index (κ3) is 20.9. The number of methoxy groups -OCH3 is 1. The SMILES string of the molecule is C=CCC1(C(=O)OC)NC(=O)c2sc(N3CCOCC3)cc2C1c1ccc(Cl)c(Cl)c1.CNC(=O)[C@@H]1NC(=O)c2sc(N3CCOCC3)cc2[C@H]1c1ccc(Cl)cc1.CNC(=O)[C@H]1NC(=O)c2sc(N3CCOCC3)cc2[C@H]1c1ccc(Cl)cc1.O=C1CCC(c2ccc(Cl)cc2)c2cc(-c3ccncc3)sc21.[C-]#[N+]c1c(N2CCOCC2)sc2c1[C@@H](c1ccc(Cl)c(Cl)c1)CCC2=O. The highest BCUT2D eigenvalue weighted by Crippen LogP contribution is 2.55. The fourth-order valence-electron chi connectivity index (χ4n) is 18.3. The van der Waals surface area contributed by atoms with Gasteiger partial charge >= 0.3 is 5.97 Å². The summed E-state index contributed by atoms with van der Waals surface area (Å²) in [6.07, 6.45) is 8.01. The van der Waals surface area contributed by atoms with Crippen molar-refractivity contribution in [3.63, 3.8) is 0 Å². The van der Waals surface area contributed by atoms with E-state index in [4.69, 9.17) is 111 Å². The van der Waals surface area contributed by atoms with E-state index < -0.39 is 29.5 Å². The van der Waals surface area contributed by atoms with Gasteiger partial charge in [-0.15, -0.1) is 63.3 Å². The second kappa shape index (κ2) is 43.7. The van der Waals surface area contributed by atoms with Gasteiger partial charge in [0.15, 0.2) is 17.1 Å². The lowest BCUT2D eigenvalue weighted by Crippen LogP contribution is -2.61. The normalized spacial score (nSPS) is 21.1. The summed E-state index contributed by atoms with van der Waals surface area (Å²) in [4.78, 5) is 123. The van der Waals surface area contributed by atoms with Crippen LogP contribution in [0, 0.1) is 6.57 Å². The number of Topliss-reactive ketones (excluding diaryl/α,β-unsaturated/α-hetero) is 2. The first-order chi connectivity index (χ1) is 64.9. The number of hydrogen-bond acceptors (Lipinski definition) is 23. The lowest BCUT2D eigenvalue weighted by molar-refractivity contribution is -0.149. The number of pyridine rings is 1. The molecule has 20 rings (SSSR count). The zero-order valence-electron chi connectivity index (χ0n) is 72.9. The molecule has 9 aliphatic rings. The van der Waals surface area contributed by atoms with Gasteiger partial charge in [-0.1, -0.05) is 136 Å². The van der Waals surface area contributed by atoms with Gasteiger partial charge < -0.3 is 69.9 Å². The van der Waals surface area contributed by atoms with Crippen LogP contribution in [-0.4, -0.2) is 196 Å². The van der Waals surface area contributed by atoms with E-state index in [0.717, 1.165) is 154 Å². The number of anilines is 4. The lowest BCUT2D eigenvalue weighted by Gasteiger charge is -2.41. The Bertz CT molecular complexity index is 6120. The van der Waals surface area contributed by atoms with E-state index in [1.807, 2.05) is 97.1 Å². The van der Waals surface area contributed by atoms with Crippen LogP contribution in [0.4, 0.5) is 25.7 Å². The standard InChI is InChI=1S/C22H22Cl2N2O4S.C19H16Cl2N2O2S.2C19H20ClN3O3S.C19H14ClNOS/c1-3-6-22(21(28)29-2)18(13-4-5-15(23)16(24)11-13)14-12-17(26-7-9-30-10-8-26)31-19(14)20(27)25-22;1-22-17-16-12(11-2-4-13(20)14(21)10-11)3-5-15(24)18(16)26-19(17)23-6-8-25-9-7-23;2*1-21-18(24)16-15(11-2-4-12(20)5-3-11)13-10-14(23-6-8-26-9-7-23)27-17(13)19(25)22-16;20-14-3-1-12(2-4-14)15-5-6-17(22)19-16(15)11-18(23-19)13-7-9-21-10-8-13/h3-5,11-12,18H,1,6-10H2,2H3,(H,25,27);2,4,10,12H,3,5-9H2;2*2-5,10,15-16H,6-9H2,1H3,(H,21,24)(H,22,25);1-4,7-11,15H,5-6H2/t;12-;15-,16+;15-,16-;/m.111./s1. The molecule has 134 heavy (non-hydrogen) atoms. The summed E-state index contributed by atoms with van der Waals surface area (Å²) in [6.45, 7) is 23.0. The molecule has 4 saturated heterocycles. The maximum absolute atomic E-state index is 13.2. The molecule has 0 bridgehead atoms. The average Bonchev–Trinajstić information content (AvgIpc) is 1.31. The number of thiophene rings is 5. The van der Waals surface area contributed by atoms with Crippen LogP contribution >= 0.6 is 138 Å². The van der Waals surface area contributed by atoms with Crippen LogP contribution in [0.25, 0.3) is 15.3 Å². The topological polar surface area (TPSA) is 273 Å². The number of ether oxygens (including phenoxy) is 5. The molecule has 6 aromatic heterocycles. The monoisotopic (exact) mass is 2040 g/mol. The second-order valence-electron chi connectivity index (χ2n) is 32.7. The largest absolute Gasteiger partial charge is 0.467 e. The molecule has 5 aromatic carbocycles. The number of fused-ring (bicyclic) bond motifs is 5. The summed E-state index contributed by atoms with van der Waals surface area (Å²) >= 11 is 50.2. The molecule has 24 nitrogen and oxygen atoms in total. The van der Waals surface area contributed by atoms with E-state index in [1.165, 1.54) is 58.0 Å². The number of esters is 1. The summed E-state index contributed by atoms with van der Waals surface area (Å²) < 4.78 is 26.9. The van der Waals surface area contributed by atoms with E-state index in [9.17, 15) is 38.4 Å². The number of morpholine rings is 4. The molecule has 36 heteroatoms. The zero-order chi connectivity index (χ0) is 94.2. The van der Waals surface area contributed by atoms with Crippen molar-refractivity contribution in [3.8, 4) is 10.4 Å². The van der Waals surface area contributed by atoms with Gasteiger partial charge in [0.1, 0.15) is 12.1 Å². The Balaban J connectivity index is 0.000000122. The molecule has 8 atom stereocenters. The molecule has 0 saturated carbocycles. The predicted molar refractivity (Wildman–Crippen MR) is 535 cm³/mol. The number of carbonyl (C=O) groups is 8. The molecule has 11 aromatic rings. The lowest BCUT2D eigenvalue weighted by atomic mass is 9.70. The Morgan fingerprint density at radius 1 is 0.493 bits per heavy atom. The van der Waals surface area contributed by atoms with E-state index in [1.54, 1.807) is 62.1 Å². The maximum Gasteiger partial charge on any atom is 0.332 e. The number of benzene rings is 5. The van der Waals surface area contributed by atoms with Gasteiger partial charge in [-0.3, -0.25) is 38.5 Å². The van der Waals surface area contributed by atoms with Crippen molar-refractivity contribution in [2.24, 2.45) is 0 Å². The number of nitrogens with zero attached hydrogens (tertiary/aromatic N) is 6. The minimum Gasteiger partial charge on any atom is -0.467 e. The fourth-order valence-corrected chi connectivity index (χ4v) is 25.3. The quantitative estimate of drug-likeness (QED) is 0.0362. The molecule has 0 spiro atoms. The third-order valence-corrected chi connectivity index (χ3v) is 33.3. The van der Waals surface area contributed by atoms with Crippen molar-refractivity contribution in [1.29, 1.82) is 0 Å². The summed E-state index contributed by atoms with van der Waals surface area (Å²) in [5.74, 6) is -2.07. The number of carbonyl (C=O) groups excluding carboxylic acids is 8. The van der Waals surface area contributed by atoms with E-state index >= 15 is 0 Å². The zero-order valence-corrected chi connectivity index (χ0v) is 82.2. The van der Waals surface area contributed by atoms with Crippen LogP contribution in [0.1, 0.15) is 166 Å². The van der Waals surface area contributed by atoms with Crippen LogP contribution < -0.4 is 46.2 Å². The molecule has 7 aliphatic heterocycles. The van der Waals surface area contributed by atoms with Crippen LogP contribution in [0.2, 0.25) is 35.2 Å². The van der Waals surface area contributed by atoms with E-state index in [0.29, 0.717) is 123 Å². The van der Waals surface area contributed by atoms with Gasteiger partial charge in [0.05, 0.1) is 131 Å². The molecule has 2 aliphatic carbocycles. The highest BCUT2D eigenvalue weighted by molar-refractivity contribution is 7.20. The second-order valence-corrected chi connectivity index (χ2v) is 40.8.